The molecular formula is C11H12F3NO3. The molecule has 1 aromatic carbocycles. The number of carboxylic acids is 1. The number of anilines is 1. The maximum Gasteiger partial charge on any atom is 0.422 e. The number of hydrogen-bond donors (Lipinski definition) is 2. The van der Waals surface area contributed by atoms with Gasteiger partial charge in [0.1, 0.15) is 11.8 Å². The minimum Gasteiger partial charge on any atom is -0.482 e. The van der Waals surface area contributed by atoms with Crippen molar-refractivity contribution < 1.29 is 27.8 Å². The van der Waals surface area contributed by atoms with Crippen LogP contribution in [0.25, 0.3) is 0 Å². The summed E-state index contributed by atoms with van der Waals surface area (Å²) in [5, 5.41) is 11.3. The van der Waals surface area contributed by atoms with Gasteiger partial charge in [-0.25, -0.2) is 0 Å². The van der Waals surface area contributed by atoms with Crippen LogP contribution in [0.5, 0.6) is 5.75 Å². The maximum atomic E-state index is 12.0. The molecule has 0 fully saturated rings. The van der Waals surface area contributed by atoms with Gasteiger partial charge in [0, 0.05) is 0 Å². The average molecular weight is 263 g/mol. The molecule has 0 aromatic heterocycles. The second-order valence-electron chi connectivity index (χ2n) is 3.60. The number of carbonyl (C=O) groups is 1. The SMILES string of the molecule is CC(Nc1ccccc1OCC(F)(F)F)C(=O)O. The Balaban J connectivity index is 2.76. The van der Waals surface area contributed by atoms with Crippen LogP contribution in [-0.2, 0) is 4.79 Å². The number of nitrogens with one attached hydrogen (secondary N) is 1. The van der Waals surface area contributed by atoms with Crippen LogP contribution in [0, 0.1) is 0 Å². The van der Waals surface area contributed by atoms with E-state index >= 15 is 0 Å². The van der Waals surface area contributed by atoms with Crippen molar-refractivity contribution in [3.05, 3.63) is 24.3 Å². The number of carboxylic acid groups (broad SMARTS) is 1. The second-order valence-corrected chi connectivity index (χ2v) is 3.60. The highest BCUT2D eigenvalue weighted by Crippen LogP contribution is 2.26. The van der Waals surface area contributed by atoms with Crippen molar-refractivity contribution in [2.75, 3.05) is 11.9 Å². The highest BCUT2D eigenvalue weighted by Gasteiger charge is 2.28. The Labute approximate surface area is 101 Å². The van der Waals surface area contributed by atoms with Crippen LogP contribution in [0.2, 0.25) is 0 Å². The lowest BCUT2D eigenvalue weighted by molar-refractivity contribution is -0.153. The molecule has 1 aromatic rings. The number of halogens is 3. The molecule has 0 aliphatic rings. The molecule has 0 spiro atoms. The third kappa shape index (κ3) is 4.52. The number of benzene rings is 1. The zero-order chi connectivity index (χ0) is 13.8. The van der Waals surface area contributed by atoms with Crippen molar-refractivity contribution in [3.8, 4) is 5.75 Å². The van der Waals surface area contributed by atoms with Crippen LogP contribution in [0.1, 0.15) is 6.92 Å². The number of aliphatic carboxylic acids is 1. The van der Waals surface area contributed by atoms with Crippen LogP contribution in [-0.4, -0.2) is 29.9 Å². The number of ether oxygens (including phenoxy) is 1. The minimum absolute atomic E-state index is 0.0390. The molecule has 1 atom stereocenters. The van der Waals surface area contributed by atoms with E-state index in [9.17, 15) is 18.0 Å². The number of alkyl halides is 3. The third-order valence-electron chi connectivity index (χ3n) is 2.02. The van der Waals surface area contributed by atoms with E-state index in [2.05, 4.69) is 10.1 Å². The summed E-state index contributed by atoms with van der Waals surface area (Å²) < 4.78 is 40.7. The van der Waals surface area contributed by atoms with Crippen molar-refractivity contribution in [1.29, 1.82) is 0 Å². The molecule has 0 saturated heterocycles. The Bertz CT molecular complexity index is 420. The predicted molar refractivity (Wildman–Crippen MR) is 58.7 cm³/mol. The largest absolute Gasteiger partial charge is 0.482 e. The van der Waals surface area contributed by atoms with Gasteiger partial charge in [-0.1, -0.05) is 12.1 Å². The van der Waals surface area contributed by atoms with E-state index in [0.29, 0.717) is 0 Å². The van der Waals surface area contributed by atoms with E-state index in [-0.39, 0.29) is 11.4 Å². The van der Waals surface area contributed by atoms with Crippen molar-refractivity contribution in [2.24, 2.45) is 0 Å². The van der Waals surface area contributed by atoms with Gasteiger partial charge in [-0.3, -0.25) is 4.79 Å². The van der Waals surface area contributed by atoms with E-state index in [1.807, 2.05) is 0 Å². The Morgan fingerprint density at radius 1 is 1.44 bits per heavy atom. The first-order valence-corrected chi connectivity index (χ1v) is 5.07. The van der Waals surface area contributed by atoms with Crippen LogP contribution in [0.4, 0.5) is 18.9 Å². The summed E-state index contributed by atoms with van der Waals surface area (Å²) in [5.74, 6) is -1.15. The van der Waals surface area contributed by atoms with Crippen LogP contribution in [0.15, 0.2) is 24.3 Å². The maximum absolute atomic E-state index is 12.0. The Morgan fingerprint density at radius 3 is 2.61 bits per heavy atom. The fourth-order valence-electron chi connectivity index (χ4n) is 1.17. The number of rotatable bonds is 5. The number of para-hydroxylation sites is 2. The molecular weight excluding hydrogens is 251 g/mol. The summed E-state index contributed by atoms with van der Waals surface area (Å²) in [6.45, 7) is -0.0456. The Hall–Kier alpha value is -1.92. The quantitative estimate of drug-likeness (QED) is 0.857. The van der Waals surface area contributed by atoms with Gasteiger partial charge in [-0.05, 0) is 19.1 Å². The lowest BCUT2D eigenvalue weighted by Crippen LogP contribution is -2.26. The Kier molecular flexibility index (Phi) is 4.41. The fourth-order valence-corrected chi connectivity index (χ4v) is 1.17. The summed E-state index contributed by atoms with van der Waals surface area (Å²) in [6.07, 6.45) is -4.44. The first-order chi connectivity index (χ1) is 8.29. The van der Waals surface area contributed by atoms with E-state index in [1.165, 1.54) is 25.1 Å². The molecule has 1 unspecified atom stereocenters. The summed E-state index contributed by atoms with van der Waals surface area (Å²) in [6, 6.07) is 4.92. The summed E-state index contributed by atoms with van der Waals surface area (Å²) in [7, 11) is 0. The number of hydrogen-bond acceptors (Lipinski definition) is 3. The highest BCUT2D eigenvalue weighted by atomic mass is 19.4. The molecule has 0 amide bonds. The molecule has 0 heterocycles. The molecule has 1 rings (SSSR count). The van der Waals surface area contributed by atoms with E-state index in [0.717, 1.165) is 0 Å². The van der Waals surface area contributed by atoms with Crippen LogP contribution in [0.3, 0.4) is 0 Å². The van der Waals surface area contributed by atoms with Gasteiger partial charge >= 0.3 is 12.1 Å². The lowest BCUT2D eigenvalue weighted by atomic mass is 10.2. The molecule has 0 bridgehead atoms. The first-order valence-electron chi connectivity index (χ1n) is 5.07. The van der Waals surface area contributed by atoms with Crippen molar-refractivity contribution >= 4 is 11.7 Å². The smallest absolute Gasteiger partial charge is 0.422 e. The van der Waals surface area contributed by atoms with E-state index in [1.54, 1.807) is 6.07 Å². The zero-order valence-electron chi connectivity index (χ0n) is 9.49. The lowest BCUT2D eigenvalue weighted by Gasteiger charge is -2.16. The summed E-state index contributed by atoms with van der Waals surface area (Å²) in [4.78, 5) is 10.6. The van der Waals surface area contributed by atoms with Gasteiger partial charge in [0.25, 0.3) is 0 Å². The molecule has 4 nitrogen and oxygen atoms in total. The van der Waals surface area contributed by atoms with Crippen molar-refractivity contribution in [1.82, 2.24) is 0 Å². The average Bonchev–Trinajstić information content (AvgIpc) is 2.26. The monoisotopic (exact) mass is 263 g/mol. The second kappa shape index (κ2) is 5.61. The molecule has 7 heteroatoms. The zero-order valence-corrected chi connectivity index (χ0v) is 9.49. The third-order valence-corrected chi connectivity index (χ3v) is 2.02. The molecule has 2 N–H and O–H groups in total. The van der Waals surface area contributed by atoms with Gasteiger partial charge in [-0.15, -0.1) is 0 Å². The normalized spacial score (nSPS) is 12.9. The van der Waals surface area contributed by atoms with Crippen LogP contribution >= 0.6 is 0 Å². The molecule has 0 saturated carbocycles. The van der Waals surface area contributed by atoms with Crippen LogP contribution < -0.4 is 10.1 Å². The highest BCUT2D eigenvalue weighted by molar-refractivity contribution is 5.77. The summed E-state index contributed by atoms with van der Waals surface area (Å²) in [5.41, 5.74) is 0.205. The van der Waals surface area contributed by atoms with Gasteiger partial charge in [0.15, 0.2) is 6.61 Å². The van der Waals surface area contributed by atoms with E-state index in [4.69, 9.17) is 5.11 Å². The van der Waals surface area contributed by atoms with Gasteiger partial charge < -0.3 is 15.2 Å². The standard InChI is InChI=1S/C11H12F3NO3/c1-7(10(16)17)15-8-4-2-3-5-9(8)18-6-11(12,13)14/h2-5,7,15H,6H2,1H3,(H,16,17). The van der Waals surface area contributed by atoms with Gasteiger partial charge in [0.2, 0.25) is 0 Å². The van der Waals surface area contributed by atoms with E-state index < -0.39 is 24.8 Å². The topological polar surface area (TPSA) is 58.6 Å². The predicted octanol–water partition coefficient (Wildman–Crippen LogP) is 2.51. The minimum atomic E-state index is -4.44. The summed E-state index contributed by atoms with van der Waals surface area (Å²) >= 11 is 0. The molecule has 0 aliphatic heterocycles. The first kappa shape index (κ1) is 14.1. The Morgan fingerprint density at radius 2 is 2.06 bits per heavy atom. The molecule has 100 valence electrons. The van der Waals surface area contributed by atoms with Crippen molar-refractivity contribution in [2.45, 2.75) is 19.1 Å². The molecule has 0 aliphatic carbocycles. The fraction of sp³-hybridized carbons (Fsp3) is 0.364. The van der Waals surface area contributed by atoms with Gasteiger partial charge in [-0.2, -0.15) is 13.2 Å². The van der Waals surface area contributed by atoms with Crippen molar-refractivity contribution in [3.63, 3.8) is 0 Å². The molecule has 18 heavy (non-hydrogen) atoms. The molecule has 0 radical (unpaired) electrons. The van der Waals surface area contributed by atoms with Gasteiger partial charge in [0.05, 0.1) is 5.69 Å².